The monoisotopic (exact) mass is 300 g/mol. The van der Waals surface area contributed by atoms with Gasteiger partial charge in [0.25, 0.3) is 5.56 Å². The number of aromatic nitrogens is 1. The summed E-state index contributed by atoms with van der Waals surface area (Å²) in [6.07, 6.45) is 6.19. The molecule has 0 saturated heterocycles. The minimum atomic E-state index is -0.184. The molecule has 0 bridgehead atoms. The first-order valence-corrected chi connectivity index (χ1v) is 8.11. The Morgan fingerprint density at radius 3 is 2.73 bits per heavy atom. The fourth-order valence-corrected chi connectivity index (χ4v) is 3.48. The van der Waals surface area contributed by atoms with E-state index in [1.165, 1.54) is 32.1 Å². The molecule has 2 N–H and O–H groups in total. The van der Waals surface area contributed by atoms with E-state index in [-0.39, 0.29) is 11.3 Å². The van der Waals surface area contributed by atoms with Crippen LogP contribution in [0.1, 0.15) is 43.2 Å². The molecule has 22 heavy (non-hydrogen) atoms. The number of aromatic hydroxyl groups is 1. The molecule has 1 heterocycles. The maximum Gasteiger partial charge on any atom is 0.256 e. The topological polar surface area (TPSA) is 56.3 Å². The summed E-state index contributed by atoms with van der Waals surface area (Å²) in [6, 6.07) is 6.22. The minimum Gasteiger partial charge on any atom is -0.507 e. The normalized spacial score (nSPS) is 16.5. The summed E-state index contributed by atoms with van der Waals surface area (Å²) >= 11 is 0. The van der Waals surface area contributed by atoms with E-state index in [4.69, 9.17) is 0 Å². The van der Waals surface area contributed by atoms with E-state index in [2.05, 4.69) is 16.9 Å². The second-order valence-electron chi connectivity index (χ2n) is 6.54. The highest BCUT2D eigenvalue weighted by molar-refractivity contribution is 5.86. The van der Waals surface area contributed by atoms with Gasteiger partial charge in [0, 0.05) is 18.0 Å². The molecular weight excluding hydrogens is 276 g/mol. The van der Waals surface area contributed by atoms with Gasteiger partial charge >= 0.3 is 0 Å². The van der Waals surface area contributed by atoms with Crippen molar-refractivity contribution in [3.05, 3.63) is 39.7 Å². The van der Waals surface area contributed by atoms with Gasteiger partial charge in [-0.2, -0.15) is 0 Å². The van der Waals surface area contributed by atoms with Crippen LogP contribution in [0.2, 0.25) is 0 Å². The first-order chi connectivity index (χ1) is 10.6. The highest BCUT2D eigenvalue weighted by atomic mass is 16.3. The Bertz CT molecular complexity index is 730. The summed E-state index contributed by atoms with van der Waals surface area (Å²) in [5, 5.41) is 11.3. The summed E-state index contributed by atoms with van der Waals surface area (Å²) in [4.78, 5) is 17.4. The van der Waals surface area contributed by atoms with Crippen molar-refractivity contribution in [2.75, 3.05) is 7.05 Å². The van der Waals surface area contributed by atoms with Crippen LogP contribution in [0.25, 0.3) is 10.9 Å². The molecule has 0 spiro atoms. The van der Waals surface area contributed by atoms with E-state index < -0.39 is 0 Å². The number of rotatable bonds is 3. The molecule has 1 aliphatic rings. The van der Waals surface area contributed by atoms with E-state index in [9.17, 15) is 9.90 Å². The van der Waals surface area contributed by atoms with Crippen LogP contribution in [0.3, 0.4) is 0 Å². The lowest BCUT2D eigenvalue weighted by Gasteiger charge is -2.31. The van der Waals surface area contributed by atoms with Crippen molar-refractivity contribution in [2.24, 2.45) is 0 Å². The summed E-state index contributed by atoms with van der Waals surface area (Å²) in [7, 11) is 2.05. The number of aryl methyl sites for hydroxylation is 1. The van der Waals surface area contributed by atoms with Gasteiger partial charge in [-0.15, -0.1) is 0 Å². The largest absolute Gasteiger partial charge is 0.507 e. The molecule has 0 radical (unpaired) electrons. The zero-order valence-corrected chi connectivity index (χ0v) is 13.4. The van der Waals surface area contributed by atoms with Gasteiger partial charge in [-0.1, -0.05) is 30.9 Å². The van der Waals surface area contributed by atoms with Crippen LogP contribution in [0, 0.1) is 6.92 Å². The van der Waals surface area contributed by atoms with Gasteiger partial charge in [-0.25, -0.2) is 0 Å². The Morgan fingerprint density at radius 1 is 1.27 bits per heavy atom. The molecule has 0 unspecified atom stereocenters. The van der Waals surface area contributed by atoms with Crippen LogP contribution in [0.5, 0.6) is 5.75 Å². The number of hydrogen-bond donors (Lipinski definition) is 2. The lowest BCUT2D eigenvalue weighted by atomic mass is 9.94. The van der Waals surface area contributed by atoms with Crippen molar-refractivity contribution in [1.29, 1.82) is 0 Å². The van der Waals surface area contributed by atoms with Crippen molar-refractivity contribution >= 4 is 10.9 Å². The number of nitrogens with one attached hydrogen (secondary N) is 1. The van der Waals surface area contributed by atoms with E-state index in [1.54, 1.807) is 0 Å². The standard InChI is InChI=1S/C18H24N2O2/c1-12-8-9-16-14(10-12)17(21)15(18(22)19-16)11-20(2)13-6-4-3-5-7-13/h8-10,13H,3-7,11H2,1-2H3,(H2,19,21,22). The van der Waals surface area contributed by atoms with Gasteiger partial charge in [-0.05, 0) is 38.9 Å². The number of pyridine rings is 1. The Balaban J connectivity index is 1.94. The third kappa shape index (κ3) is 2.88. The molecule has 1 aliphatic carbocycles. The van der Waals surface area contributed by atoms with Crippen molar-refractivity contribution in [2.45, 2.75) is 51.6 Å². The van der Waals surface area contributed by atoms with E-state index >= 15 is 0 Å². The maximum atomic E-state index is 12.3. The van der Waals surface area contributed by atoms with Crippen LogP contribution < -0.4 is 5.56 Å². The molecule has 0 aliphatic heterocycles. The predicted molar refractivity (Wildman–Crippen MR) is 89.3 cm³/mol. The van der Waals surface area contributed by atoms with E-state index in [0.29, 0.717) is 23.7 Å². The van der Waals surface area contributed by atoms with Gasteiger partial charge in [-0.3, -0.25) is 9.69 Å². The molecule has 2 aromatic rings. The van der Waals surface area contributed by atoms with Gasteiger partial charge in [0.1, 0.15) is 5.75 Å². The van der Waals surface area contributed by atoms with Crippen molar-refractivity contribution in [1.82, 2.24) is 9.88 Å². The molecule has 0 atom stereocenters. The number of H-pyrrole nitrogens is 1. The summed E-state index contributed by atoms with van der Waals surface area (Å²) < 4.78 is 0. The second kappa shape index (κ2) is 6.13. The van der Waals surface area contributed by atoms with Crippen LogP contribution in [0.15, 0.2) is 23.0 Å². The van der Waals surface area contributed by atoms with Gasteiger partial charge < -0.3 is 10.1 Å². The fraction of sp³-hybridized carbons (Fsp3) is 0.500. The number of aromatic amines is 1. The molecule has 3 rings (SSSR count). The van der Waals surface area contributed by atoms with E-state index in [0.717, 1.165) is 10.9 Å². The summed E-state index contributed by atoms with van der Waals surface area (Å²) in [5.41, 5.74) is 2.06. The Hall–Kier alpha value is -1.81. The first kappa shape index (κ1) is 15.1. The number of hydrogen-bond acceptors (Lipinski definition) is 3. The van der Waals surface area contributed by atoms with Crippen LogP contribution in [-0.2, 0) is 6.54 Å². The van der Waals surface area contributed by atoms with Crippen molar-refractivity contribution in [3.8, 4) is 5.75 Å². The number of fused-ring (bicyclic) bond motifs is 1. The van der Waals surface area contributed by atoms with E-state index in [1.807, 2.05) is 25.1 Å². The van der Waals surface area contributed by atoms with Crippen molar-refractivity contribution in [3.63, 3.8) is 0 Å². The van der Waals surface area contributed by atoms with Gasteiger partial charge in [0.15, 0.2) is 0 Å². The third-order valence-corrected chi connectivity index (χ3v) is 4.84. The second-order valence-corrected chi connectivity index (χ2v) is 6.54. The van der Waals surface area contributed by atoms with Crippen LogP contribution in [-0.4, -0.2) is 28.1 Å². The summed E-state index contributed by atoms with van der Waals surface area (Å²) in [6.45, 7) is 2.48. The smallest absolute Gasteiger partial charge is 0.256 e. The Labute approximate surface area is 130 Å². The number of nitrogens with zero attached hydrogens (tertiary/aromatic N) is 1. The lowest BCUT2D eigenvalue weighted by Crippen LogP contribution is -2.34. The zero-order chi connectivity index (χ0) is 15.7. The maximum absolute atomic E-state index is 12.3. The molecule has 4 heteroatoms. The Kier molecular flexibility index (Phi) is 4.21. The third-order valence-electron chi connectivity index (χ3n) is 4.84. The van der Waals surface area contributed by atoms with Crippen molar-refractivity contribution < 1.29 is 5.11 Å². The minimum absolute atomic E-state index is 0.130. The lowest BCUT2D eigenvalue weighted by molar-refractivity contribution is 0.182. The van der Waals surface area contributed by atoms with Crippen LogP contribution >= 0.6 is 0 Å². The highest BCUT2D eigenvalue weighted by Crippen LogP contribution is 2.28. The molecule has 1 aromatic heterocycles. The quantitative estimate of drug-likeness (QED) is 0.914. The molecule has 0 amide bonds. The first-order valence-electron chi connectivity index (χ1n) is 8.11. The number of benzene rings is 1. The van der Waals surface area contributed by atoms with Gasteiger partial charge in [0.2, 0.25) is 0 Å². The van der Waals surface area contributed by atoms with Gasteiger partial charge in [0.05, 0.1) is 11.1 Å². The molecule has 1 aromatic carbocycles. The molecular formula is C18H24N2O2. The highest BCUT2D eigenvalue weighted by Gasteiger charge is 2.21. The Morgan fingerprint density at radius 2 is 2.00 bits per heavy atom. The average Bonchev–Trinajstić information content (AvgIpc) is 2.53. The molecule has 1 fully saturated rings. The summed E-state index contributed by atoms with van der Waals surface area (Å²) in [5.74, 6) is 0.130. The van der Waals surface area contributed by atoms with Crippen LogP contribution in [0.4, 0.5) is 0 Å². The average molecular weight is 300 g/mol. The molecule has 1 saturated carbocycles. The molecule has 4 nitrogen and oxygen atoms in total. The predicted octanol–water partition coefficient (Wildman–Crippen LogP) is 3.31. The fourth-order valence-electron chi connectivity index (χ4n) is 3.48. The zero-order valence-electron chi connectivity index (χ0n) is 13.4. The SMILES string of the molecule is Cc1ccc2[nH]c(=O)c(CN(C)C3CCCCC3)c(O)c2c1. The molecule has 118 valence electrons.